The molecular formula is C32H36ClNO8S. The van der Waals surface area contributed by atoms with E-state index < -0.39 is 36.6 Å². The van der Waals surface area contributed by atoms with Crippen molar-refractivity contribution in [3.63, 3.8) is 0 Å². The Morgan fingerprint density at radius 2 is 1.84 bits per heavy atom. The second-order valence-electron chi connectivity index (χ2n) is 10.3. The summed E-state index contributed by atoms with van der Waals surface area (Å²) in [6.45, 7) is 1.80. The average molecular weight is 630 g/mol. The molecule has 0 aliphatic carbocycles. The Labute approximate surface area is 260 Å². The number of carbonyl (C=O) groups is 3. The van der Waals surface area contributed by atoms with E-state index >= 15 is 0 Å². The first-order valence-electron chi connectivity index (χ1n) is 14.1. The van der Waals surface area contributed by atoms with Crippen LogP contribution in [0.1, 0.15) is 60.6 Å². The van der Waals surface area contributed by atoms with Gasteiger partial charge in [0.2, 0.25) is 5.91 Å². The average Bonchev–Trinajstić information content (AvgIpc) is 3.47. The maximum Gasteiger partial charge on any atom is 0.341 e. The lowest BCUT2D eigenvalue weighted by molar-refractivity contribution is -0.162. The first-order chi connectivity index (χ1) is 20.7. The Balaban J connectivity index is 1.56. The molecule has 1 amide bonds. The highest BCUT2D eigenvalue weighted by atomic mass is 35.5. The lowest BCUT2D eigenvalue weighted by atomic mass is 9.98. The van der Waals surface area contributed by atoms with Crippen LogP contribution in [-0.2, 0) is 25.5 Å². The molecule has 3 aromatic rings. The molecule has 43 heavy (non-hydrogen) atoms. The van der Waals surface area contributed by atoms with Crippen molar-refractivity contribution in [2.24, 2.45) is 0 Å². The molecule has 11 heteroatoms. The largest absolute Gasteiger partial charge is 0.493 e. The number of aryl methyl sites for hydroxylation is 1. The number of likely N-dealkylation sites (tertiary alicyclic amines) is 1. The zero-order valence-corrected chi connectivity index (χ0v) is 26.0. The van der Waals surface area contributed by atoms with Gasteiger partial charge in [0, 0.05) is 11.4 Å². The number of hydrogen-bond donors (Lipinski definition) is 1. The first-order valence-corrected chi connectivity index (χ1v) is 15.3. The zero-order chi connectivity index (χ0) is 30.9. The van der Waals surface area contributed by atoms with Crippen molar-refractivity contribution in [2.45, 2.75) is 57.1 Å². The third-order valence-corrected chi connectivity index (χ3v) is 8.86. The van der Waals surface area contributed by atoms with E-state index in [4.69, 9.17) is 35.7 Å². The molecule has 0 radical (unpaired) electrons. The molecule has 3 atom stereocenters. The van der Waals surface area contributed by atoms with Crippen molar-refractivity contribution in [3.8, 4) is 17.2 Å². The number of thiophene rings is 1. The fourth-order valence-electron chi connectivity index (χ4n) is 5.17. The summed E-state index contributed by atoms with van der Waals surface area (Å²) in [6.07, 6.45) is 2.40. The summed E-state index contributed by atoms with van der Waals surface area (Å²) in [5.41, 5.74) is 1.61. The molecule has 0 spiro atoms. The number of halogens is 1. The highest BCUT2D eigenvalue weighted by molar-refractivity contribution is 7.16. The van der Waals surface area contributed by atoms with Gasteiger partial charge in [-0.25, -0.2) is 9.59 Å². The molecule has 1 aliphatic heterocycles. The van der Waals surface area contributed by atoms with E-state index in [2.05, 4.69) is 0 Å². The van der Waals surface area contributed by atoms with Gasteiger partial charge in [0.1, 0.15) is 17.9 Å². The van der Waals surface area contributed by atoms with Crippen LogP contribution in [0.15, 0.2) is 54.6 Å². The number of benzene rings is 2. The summed E-state index contributed by atoms with van der Waals surface area (Å²) in [4.78, 5) is 40.9. The fraction of sp³-hybridized carbons (Fsp3) is 0.406. The van der Waals surface area contributed by atoms with Gasteiger partial charge in [0.15, 0.2) is 18.1 Å². The molecular weight excluding hydrogens is 594 g/mol. The second kappa shape index (κ2) is 15.1. The molecule has 9 nitrogen and oxygen atoms in total. The summed E-state index contributed by atoms with van der Waals surface area (Å²) in [5.74, 6) is -0.582. The summed E-state index contributed by atoms with van der Waals surface area (Å²) < 4.78 is 23.0. The molecule has 2 heterocycles. The van der Waals surface area contributed by atoms with Crippen LogP contribution in [0.4, 0.5) is 0 Å². The standard InChI is InChI=1S/C32H36ClNO8S/c1-20(28-14-15-29(33)43-28)31(37)34-16-5-4-9-24(34)32(38)42-25(22-7-6-8-23(18-22)41-19-30(35)36)12-10-21-11-13-26(39-2)27(17-21)40-3/h6-8,11,13-15,17-18,20,24-25H,4-5,9-10,12,16,19H2,1-3H3,(H,35,36)/t20-,24+,25-/m1/s1. The van der Waals surface area contributed by atoms with Gasteiger partial charge in [0.25, 0.3) is 0 Å². The van der Waals surface area contributed by atoms with E-state index in [1.165, 1.54) is 11.3 Å². The third kappa shape index (κ3) is 8.42. The molecule has 230 valence electrons. The fourth-order valence-corrected chi connectivity index (χ4v) is 6.27. The quantitative estimate of drug-likeness (QED) is 0.220. The van der Waals surface area contributed by atoms with Crippen LogP contribution in [0, 0.1) is 0 Å². The second-order valence-corrected chi connectivity index (χ2v) is 12.1. The van der Waals surface area contributed by atoms with E-state index in [0.29, 0.717) is 53.0 Å². The van der Waals surface area contributed by atoms with E-state index in [9.17, 15) is 14.4 Å². The van der Waals surface area contributed by atoms with E-state index in [1.807, 2.05) is 37.3 Å². The zero-order valence-electron chi connectivity index (χ0n) is 24.4. The van der Waals surface area contributed by atoms with Crippen molar-refractivity contribution in [2.75, 3.05) is 27.4 Å². The van der Waals surface area contributed by atoms with Crippen molar-refractivity contribution in [1.29, 1.82) is 0 Å². The number of carbonyl (C=O) groups excluding carboxylic acids is 2. The van der Waals surface area contributed by atoms with Crippen LogP contribution in [0.3, 0.4) is 0 Å². The number of ether oxygens (including phenoxy) is 4. The number of carboxylic acids is 1. The number of hydrogen-bond acceptors (Lipinski definition) is 8. The third-order valence-electron chi connectivity index (χ3n) is 7.44. The molecule has 1 N–H and O–H groups in total. The predicted molar refractivity (Wildman–Crippen MR) is 163 cm³/mol. The maximum atomic E-state index is 13.8. The van der Waals surface area contributed by atoms with Crippen molar-refractivity contribution in [3.05, 3.63) is 74.9 Å². The van der Waals surface area contributed by atoms with E-state index in [-0.39, 0.29) is 5.91 Å². The molecule has 1 fully saturated rings. The number of rotatable bonds is 13. The molecule has 0 bridgehead atoms. The Hall–Kier alpha value is -3.76. The van der Waals surface area contributed by atoms with Gasteiger partial charge in [-0.2, -0.15) is 0 Å². The van der Waals surface area contributed by atoms with Crippen LogP contribution >= 0.6 is 22.9 Å². The highest BCUT2D eigenvalue weighted by Gasteiger charge is 2.37. The lowest BCUT2D eigenvalue weighted by Gasteiger charge is -2.36. The minimum absolute atomic E-state index is 0.133. The van der Waals surface area contributed by atoms with Crippen LogP contribution in [-0.4, -0.2) is 61.3 Å². The number of piperidine rings is 1. The number of methoxy groups -OCH3 is 2. The topological polar surface area (TPSA) is 112 Å². The number of esters is 1. The predicted octanol–water partition coefficient (Wildman–Crippen LogP) is 6.28. The van der Waals surface area contributed by atoms with Crippen molar-refractivity contribution < 1.29 is 38.4 Å². The van der Waals surface area contributed by atoms with Gasteiger partial charge in [-0.15, -0.1) is 11.3 Å². The number of carboxylic acid groups (broad SMARTS) is 1. The van der Waals surface area contributed by atoms with Gasteiger partial charge in [-0.1, -0.05) is 29.8 Å². The van der Waals surface area contributed by atoms with Crippen LogP contribution in [0.5, 0.6) is 17.2 Å². The molecule has 1 aliphatic rings. The summed E-state index contributed by atoms with van der Waals surface area (Å²) >= 11 is 7.47. The highest BCUT2D eigenvalue weighted by Crippen LogP contribution is 2.34. The van der Waals surface area contributed by atoms with Crippen molar-refractivity contribution in [1.82, 2.24) is 4.90 Å². The molecule has 1 aromatic heterocycles. The Kier molecular flexibility index (Phi) is 11.3. The van der Waals surface area contributed by atoms with Gasteiger partial charge < -0.3 is 29.0 Å². The number of aliphatic carboxylic acids is 1. The van der Waals surface area contributed by atoms with Gasteiger partial charge >= 0.3 is 11.9 Å². The Morgan fingerprint density at radius 3 is 2.53 bits per heavy atom. The molecule has 0 saturated carbocycles. The molecule has 2 aromatic carbocycles. The maximum absolute atomic E-state index is 13.8. The van der Waals surface area contributed by atoms with Crippen molar-refractivity contribution >= 4 is 40.8 Å². The first kappa shape index (κ1) is 32.2. The Morgan fingerprint density at radius 1 is 1.05 bits per heavy atom. The SMILES string of the molecule is COc1ccc(CC[C@@H](OC(=O)[C@@H]2CCCCN2C(=O)[C@H](C)c2ccc(Cl)s2)c2cccc(OCC(=O)O)c2)cc1OC. The number of nitrogens with zero attached hydrogens (tertiary/aromatic N) is 1. The smallest absolute Gasteiger partial charge is 0.341 e. The summed E-state index contributed by atoms with van der Waals surface area (Å²) in [5, 5.41) is 9.04. The normalized spacial score (nSPS) is 16.2. The summed E-state index contributed by atoms with van der Waals surface area (Å²) in [7, 11) is 3.14. The van der Waals surface area contributed by atoms with Crippen LogP contribution in [0.25, 0.3) is 0 Å². The lowest BCUT2D eigenvalue weighted by Crippen LogP contribution is -2.50. The van der Waals surface area contributed by atoms with E-state index in [1.54, 1.807) is 43.4 Å². The minimum Gasteiger partial charge on any atom is -0.493 e. The van der Waals surface area contributed by atoms with Gasteiger partial charge in [-0.05, 0) is 86.6 Å². The Bertz CT molecular complexity index is 1430. The van der Waals surface area contributed by atoms with Gasteiger partial charge in [-0.3, -0.25) is 4.79 Å². The van der Waals surface area contributed by atoms with Crippen LogP contribution < -0.4 is 14.2 Å². The molecule has 0 unspecified atom stereocenters. The van der Waals surface area contributed by atoms with E-state index in [0.717, 1.165) is 23.3 Å². The minimum atomic E-state index is -1.09. The van der Waals surface area contributed by atoms with Gasteiger partial charge in [0.05, 0.1) is 24.5 Å². The number of amides is 1. The molecule has 4 rings (SSSR count). The molecule has 1 saturated heterocycles. The van der Waals surface area contributed by atoms with Crippen LogP contribution in [0.2, 0.25) is 4.34 Å². The monoisotopic (exact) mass is 629 g/mol. The summed E-state index contributed by atoms with van der Waals surface area (Å²) in [6, 6.07) is 15.4.